The second kappa shape index (κ2) is 18.1. The molecule has 166 valence electrons. The minimum Gasteiger partial charge on any atom is -0.368 e. The van der Waals surface area contributed by atoms with E-state index in [-0.39, 0.29) is 5.78 Å². The van der Waals surface area contributed by atoms with E-state index in [9.17, 15) is 9.59 Å². The molecule has 0 aromatic carbocycles. The smallest absolute Gasteiger partial charge is 0.242 e. The van der Waals surface area contributed by atoms with Crippen molar-refractivity contribution in [3.05, 3.63) is 0 Å². The molecule has 4 nitrogen and oxygen atoms in total. The lowest BCUT2D eigenvalue weighted by Gasteiger charge is -2.23. The van der Waals surface area contributed by atoms with Gasteiger partial charge >= 0.3 is 0 Å². The molecule has 0 aliphatic rings. The molecule has 0 aliphatic carbocycles. The zero-order valence-corrected chi connectivity index (χ0v) is 19.3. The van der Waals surface area contributed by atoms with Gasteiger partial charge in [0, 0.05) is 6.42 Å². The van der Waals surface area contributed by atoms with Gasteiger partial charge in [-0.3, -0.25) is 14.5 Å². The predicted molar refractivity (Wildman–Crippen MR) is 120 cm³/mol. The summed E-state index contributed by atoms with van der Waals surface area (Å²) in [5.41, 5.74) is 5.42. The molecular formula is C24H48N2O2. The van der Waals surface area contributed by atoms with E-state index < -0.39 is 11.9 Å². The molecule has 0 aromatic heterocycles. The number of ketones is 1. The lowest BCUT2D eigenvalue weighted by molar-refractivity contribution is -0.133. The summed E-state index contributed by atoms with van der Waals surface area (Å²) in [5, 5.41) is 0. The van der Waals surface area contributed by atoms with E-state index in [0.29, 0.717) is 6.42 Å². The Morgan fingerprint density at radius 3 is 1.61 bits per heavy atom. The standard InChI is InChI=1S/C24H48N2O2/c1-5-20-26(4)23(24(25)28)22(27)19-17-15-13-11-9-7-6-8-10-12-14-16-18-21(2)3/h21,23H,5-20H2,1-4H3,(H2,25,28). The van der Waals surface area contributed by atoms with Crippen molar-refractivity contribution in [2.24, 2.45) is 11.7 Å². The molecule has 1 unspecified atom stereocenters. The number of likely N-dealkylation sites (N-methyl/N-ethyl adjacent to an activating group) is 1. The number of hydrogen-bond acceptors (Lipinski definition) is 3. The lowest BCUT2D eigenvalue weighted by Crippen LogP contribution is -2.48. The lowest BCUT2D eigenvalue weighted by atomic mass is 10.0. The number of carbonyl (C=O) groups is 2. The Hall–Kier alpha value is -0.900. The summed E-state index contributed by atoms with van der Waals surface area (Å²) in [4.78, 5) is 25.7. The number of Topliss-reactive ketones (excluding diaryl/α,β-unsaturated/α-hetero) is 1. The fourth-order valence-electron chi connectivity index (χ4n) is 3.86. The van der Waals surface area contributed by atoms with E-state index in [4.69, 9.17) is 5.73 Å². The minimum absolute atomic E-state index is 0.0168. The molecule has 0 radical (unpaired) electrons. The molecule has 28 heavy (non-hydrogen) atoms. The summed E-state index contributed by atoms with van der Waals surface area (Å²) in [7, 11) is 1.81. The van der Waals surface area contributed by atoms with Gasteiger partial charge in [-0.2, -0.15) is 0 Å². The minimum atomic E-state index is -0.745. The fourth-order valence-corrected chi connectivity index (χ4v) is 3.86. The molecule has 0 spiro atoms. The van der Waals surface area contributed by atoms with Gasteiger partial charge in [0.05, 0.1) is 0 Å². The third-order valence-corrected chi connectivity index (χ3v) is 5.55. The topological polar surface area (TPSA) is 63.4 Å². The van der Waals surface area contributed by atoms with Gasteiger partial charge in [-0.1, -0.05) is 97.8 Å². The molecule has 0 fully saturated rings. The van der Waals surface area contributed by atoms with Crippen LogP contribution in [0.4, 0.5) is 0 Å². The SMILES string of the molecule is CCCN(C)C(C(N)=O)C(=O)CCCCCCCCCCCCCCC(C)C. The monoisotopic (exact) mass is 396 g/mol. The first-order valence-corrected chi connectivity index (χ1v) is 11.9. The Bertz CT molecular complexity index is 396. The van der Waals surface area contributed by atoms with Gasteiger partial charge in [0.2, 0.25) is 5.91 Å². The maximum absolute atomic E-state index is 12.3. The average molecular weight is 397 g/mol. The van der Waals surface area contributed by atoms with Crippen molar-refractivity contribution in [2.75, 3.05) is 13.6 Å². The summed E-state index contributed by atoms with van der Waals surface area (Å²) in [6.45, 7) is 7.37. The van der Waals surface area contributed by atoms with Crippen molar-refractivity contribution in [2.45, 2.75) is 123 Å². The van der Waals surface area contributed by atoms with Gasteiger partial charge in [-0.25, -0.2) is 0 Å². The highest BCUT2D eigenvalue weighted by Gasteiger charge is 2.27. The van der Waals surface area contributed by atoms with Crippen LogP contribution in [0.1, 0.15) is 117 Å². The number of amides is 1. The van der Waals surface area contributed by atoms with Crippen LogP contribution in [0.25, 0.3) is 0 Å². The Balaban J connectivity index is 3.53. The number of nitrogens with two attached hydrogens (primary N) is 1. The van der Waals surface area contributed by atoms with E-state index >= 15 is 0 Å². The van der Waals surface area contributed by atoms with Crippen molar-refractivity contribution in [3.63, 3.8) is 0 Å². The summed E-state index contributed by atoms with van der Waals surface area (Å²) < 4.78 is 0. The summed E-state index contributed by atoms with van der Waals surface area (Å²) in [6, 6.07) is -0.745. The van der Waals surface area contributed by atoms with Crippen molar-refractivity contribution in [1.29, 1.82) is 0 Å². The number of primary amides is 1. The van der Waals surface area contributed by atoms with Crippen LogP contribution >= 0.6 is 0 Å². The Labute approximate surface area is 175 Å². The second-order valence-corrected chi connectivity index (χ2v) is 8.93. The highest BCUT2D eigenvalue weighted by Crippen LogP contribution is 2.15. The highest BCUT2D eigenvalue weighted by molar-refractivity contribution is 6.04. The number of nitrogens with zero attached hydrogens (tertiary/aromatic N) is 1. The van der Waals surface area contributed by atoms with Crippen molar-refractivity contribution < 1.29 is 9.59 Å². The molecule has 0 saturated heterocycles. The third kappa shape index (κ3) is 15.1. The number of unbranched alkanes of at least 4 members (excludes halogenated alkanes) is 11. The molecule has 0 aliphatic heterocycles. The van der Waals surface area contributed by atoms with Gasteiger partial charge < -0.3 is 5.73 Å². The molecule has 2 N–H and O–H groups in total. The van der Waals surface area contributed by atoms with E-state index in [1.165, 1.54) is 70.6 Å². The maximum atomic E-state index is 12.3. The largest absolute Gasteiger partial charge is 0.368 e. The van der Waals surface area contributed by atoms with Crippen LogP contribution in [0.5, 0.6) is 0 Å². The Morgan fingerprint density at radius 2 is 1.21 bits per heavy atom. The van der Waals surface area contributed by atoms with Crippen LogP contribution in [0.2, 0.25) is 0 Å². The normalized spacial score (nSPS) is 12.6. The first kappa shape index (κ1) is 27.1. The van der Waals surface area contributed by atoms with Crippen molar-refractivity contribution >= 4 is 11.7 Å². The van der Waals surface area contributed by atoms with Gasteiger partial charge in [0.25, 0.3) is 0 Å². The Kier molecular flexibility index (Phi) is 17.6. The van der Waals surface area contributed by atoms with Crippen LogP contribution in [0, 0.1) is 5.92 Å². The van der Waals surface area contributed by atoms with Crippen molar-refractivity contribution in [3.8, 4) is 0 Å². The van der Waals surface area contributed by atoms with Gasteiger partial charge in [-0.05, 0) is 32.4 Å². The molecule has 0 aromatic rings. The number of carbonyl (C=O) groups excluding carboxylic acids is 2. The van der Waals surface area contributed by atoms with Gasteiger partial charge in [0.1, 0.15) is 6.04 Å². The first-order chi connectivity index (χ1) is 13.4. The zero-order chi connectivity index (χ0) is 21.2. The number of hydrogen-bond donors (Lipinski definition) is 1. The van der Waals surface area contributed by atoms with E-state index in [1.807, 2.05) is 14.0 Å². The van der Waals surface area contributed by atoms with E-state index in [1.54, 1.807) is 4.90 Å². The van der Waals surface area contributed by atoms with Crippen LogP contribution < -0.4 is 5.73 Å². The molecule has 0 rings (SSSR count). The number of rotatable bonds is 20. The molecular weight excluding hydrogens is 348 g/mol. The molecule has 0 saturated carbocycles. The highest BCUT2D eigenvalue weighted by atomic mass is 16.2. The summed E-state index contributed by atoms with van der Waals surface area (Å²) in [6.07, 6.45) is 18.2. The first-order valence-electron chi connectivity index (χ1n) is 11.9. The van der Waals surface area contributed by atoms with Crippen molar-refractivity contribution in [1.82, 2.24) is 4.90 Å². The quantitative estimate of drug-likeness (QED) is 0.207. The van der Waals surface area contributed by atoms with E-state index in [0.717, 1.165) is 31.7 Å². The van der Waals surface area contributed by atoms with Crippen LogP contribution in [-0.4, -0.2) is 36.2 Å². The Morgan fingerprint density at radius 1 is 0.786 bits per heavy atom. The van der Waals surface area contributed by atoms with Gasteiger partial charge in [-0.15, -0.1) is 0 Å². The van der Waals surface area contributed by atoms with Crippen LogP contribution in [0.3, 0.4) is 0 Å². The second-order valence-electron chi connectivity index (χ2n) is 8.93. The van der Waals surface area contributed by atoms with E-state index in [2.05, 4.69) is 13.8 Å². The molecule has 1 amide bonds. The zero-order valence-electron chi connectivity index (χ0n) is 19.3. The fraction of sp³-hybridized carbons (Fsp3) is 0.917. The maximum Gasteiger partial charge on any atom is 0.242 e. The summed E-state index contributed by atoms with van der Waals surface area (Å²) >= 11 is 0. The molecule has 1 atom stereocenters. The average Bonchev–Trinajstić information content (AvgIpc) is 2.61. The van der Waals surface area contributed by atoms with Crippen LogP contribution in [0.15, 0.2) is 0 Å². The molecule has 0 heterocycles. The third-order valence-electron chi connectivity index (χ3n) is 5.55. The molecule has 4 heteroatoms. The molecule has 0 bridgehead atoms. The van der Waals surface area contributed by atoms with Gasteiger partial charge in [0.15, 0.2) is 5.78 Å². The predicted octanol–water partition coefficient (Wildman–Crippen LogP) is 5.87. The summed E-state index contributed by atoms with van der Waals surface area (Å²) in [5.74, 6) is 0.322. The van der Waals surface area contributed by atoms with Crippen LogP contribution in [-0.2, 0) is 9.59 Å².